The van der Waals surface area contributed by atoms with Crippen molar-refractivity contribution >= 4 is 0 Å². The lowest BCUT2D eigenvalue weighted by molar-refractivity contribution is 0.00952. The number of nitrogens with two attached hydrogens (primary N) is 1. The number of rotatable bonds is 4. The van der Waals surface area contributed by atoms with E-state index in [9.17, 15) is 0 Å². The minimum absolute atomic E-state index is 0.467. The summed E-state index contributed by atoms with van der Waals surface area (Å²) in [4.78, 5) is 2.62. The molecular weight excluding hydrogens is 212 g/mol. The van der Waals surface area contributed by atoms with E-state index in [1.54, 1.807) is 0 Å². The fourth-order valence-corrected chi connectivity index (χ4v) is 3.36. The van der Waals surface area contributed by atoms with Crippen LogP contribution in [0.1, 0.15) is 45.4 Å². The van der Waals surface area contributed by atoms with E-state index in [1.165, 1.54) is 58.2 Å². The smallest absolute Gasteiger partial charge is 0.0599 e. The normalized spacial score (nSPS) is 32.8. The van der Waals surface area contributed by atoms with Crippen LogP contribution in [0.4, 0.5) is 0 Å². The van der Waals surface area contributed by atoms with Crippen LogP contribution in [0, 0.1) is 5.92 Å². The van der Waals surface area contributed by atoms with Gasteiger partial charge < -0.3 is 15.4 Å². The summed E-state index contributed by atoms with van der Waals surface area (Å²) in [6.45, 7) is 6.66. The van der Waals surface area contributed by atoms with Crippen molar-refractivity contribution in [3.8, 4) is 0 Å². The van der Waals surface area contributed by atoms with E-state index in [2.05, 4.69) is 11.8 Å². The predicted molar refractivity (Wildman–Crippen MR) is 71.0 cm³/mol. The van der Waals surface area contributed by atoms with Crippen LogP contribution >= 0.6 is 0 Å². The minimum atomic E-state index is 0.467. The number of piperidine rings is 1. The molecule has 0 aromatic heterocycles. The molecule has 3 nitrogen and oxygen atoms in total. The first-order chi connectivity index (χ1) is 8.28. The van der Waals surface area contributed by atoms with Gasteiger partial charge in [-0.3, -0.25) is 0 Å². The van der Waals surface area contributed by atoms with Crippen molar-refractivity contribution < 1.29 is 4.74 Å². The maximum absolute atomic E-state index is 6.05. The van der Waals surface area contributed by atoms with Crippen molar-refractivity contribution in [1.82, 2.24) is 4.90 Å². The Labute approximate surface area is 106 Å². The lowest BCUT2D eigenvalue weighted by atomic mass is 9.85. The van der Waals surface area contributed by atoms with E-state index in [1.807, 2.05) is 0 Å². The van der Waals surface area contributed by atoms with E-state index < -0.39 is 0 Å². The van der Waals surface area contributed by atoms with Crippen molar-refractivity contribution in [3.05, 3.63) is 0 Å². The van der Waals surface area contributed by atoms with Gasteiger partial charge >= 0.3 is 0 Å². The summed E-state index contributed by atoms with van der Waals surface area (Å²) in [6.07, 6.45) is 8.15. The maximum atomic E-state index is 6.05. The van der Waals surface area contributed by atoms with Crippen LogP contribution in [-0.4, -0.2) is 43.3 Å². The molecule has 0 aromatic rings. The maximum Gasteiger partial charge on any atom is 0.0599 e. The summed E-state index contributed by atoms with van der Waals surface area (Å²) >= 11 is 0. The summed E-state index contributed by atoms with van der Waals surface area (Å²) in [7, 11) is 0. The first-order valence-corrected chi connectivity index (χ1v) is 7.37. The van der Waals surface area contributed by atoms with Gasteiger partial charge in [0.05, 0.1) is 6.10 Å². The molecule has 1 saturated heterocycles. The topological polar surface area (TPSA) is 38.5 Å². The highest BCUT2D eigenvalue weighted by Gasteiger charge is 2.24. The largest absolute Gasteiger partial charge is 0.378 e. The van der Waals surface area contributed by atoms with Crippen LogP contribution in [0.15, 0.2) is 0 Å². The summed E-state index contributed by atoms with van der Waals surface area (Å²) in [5.41, 5.74) is 6.05. The molecule has 1 saturated carbocycles. The lowest BCUT2D eigenvalue weighted by Gasteiger charge is -2.36. The van der Waals surface area contributed by atoms with Crippen LogP contribution in [-0.2, 0) is 4.74 Å². The third-order valence-corrected chi connectivity index (χ3v) is 4.28. The molecule has 1 aliphatic carbocycles. The van der Waals surface area contributed by atoms with Crippen LogP contribution in [0.5, 0.6) is 0 Å². The Morgan fingerprint density at radius 3 is 2.59 bits per heavy atom. The van der Waals surface area contributed by atoms with Crippen molar-refractivity contribution in [3.63, 3.8) is 0 Å². The molecule has 0 radical (unpaired) electrons. The summed E-state index contributed by atoms with van der Waals surface area (Å²) in [6, 6.07) is 0.467. The second kappa shape index (κ2) is 6.72. The van der Waals surface area contributed by atoms with Crippen molar-refractivity contribution in [1.29, 1.82) is 0 Å². The van der Waals surface area contributed by atoms with Crippen molar-refractivity contribution in [2.75, 3.05) is 26.2 Å². The standard InChI is InChI=1S/C14H28N2O/c1-2-17-14-6-8-16(9-7-14)11-12-4-3-5-13(15)10-12/h12-14H,2-11,15H2,1H3. The SMILES string of the molecule is CCOC1CCN(CC2CCCC(N)C2)CC1. The van der Waals surface area contributed by atoms with Gasteiger partial charge in [-0.1, -0.05) is 6.42 Å². The Bertz CT molecular complexity index is 214. The molecule has 17 heavy (non-hydrogen) atoms. The van der Waals surface area contributed by atoms with Gasteiger partial charge in [0.25, 0.3) is 0 Å². The zero-order valence-electron chi connectivity index (χ0n) is 11.2. The van der Waals surface area contributed by atoms with Crippen molar-refractivity contribution in [2.24, 2.45) is 11.7 Å². The molecule has 1 aliphatic heterocycles. The monoisotopic (exact) mass is 240 g/mol. The first kappa shape index (κ1) is 13.3. The van der Waals surface area contributed by atoms with E-state index in [4.69, 9.17) is 10.5 Å². The van der Waals surface area contributed by atoms with Gasteiger partial charge in [0.2, 0.25) is 0 Å². The second-order valence-corrected chi connectivity index (χ2v) is 5.75. The number of likely N-dealkylation sites (tertiary alicyclic amines) is 1. The average Bonchev–Trinajstić information content (AvgIpc) is 2.32. The third kappa shape index (κ3) is 4.23. The third-order valence-electron chi connectivity index (χ3n) is 4.28. The van der Waals surface area contributed by atoms with Crippen LogP contribution in [0.2, 0.25) is 0 Å². The molecule has 0 spiro atoms. The predicted octanol–water partition coefficient (Wildman–Crippen LogP) is 2.00. The highest BCUT2D eigenvalue weighted by Crippen LogP contribution is 2.25. The van der Waals surface area contributed by atoms with E-state index >= 15 is 0 Å². The number of hydrogen-bond acceptors (Lipinski definition) is 3. The molecule has 2 rings (SSSR count). The number of nitrogens with zero attached hydrogens (tertiary/aromatic N) is 1. The molecule has 0 bridgehead atoms. The molecule has 2 unspecified atom stereocenters. The highest BCUT2D eigenvalue weighted by molar-refractivity contribution is 4.80. The minimum Gasteiger partial charge on any atom is -0.378 e. The summed E-state index contributed by atoms with van der Waals surface area (Å²) < 4.78 is 5.69. The Balaban J connectivity index is 1.67. The lowest BCUT2D eigenvalue weighted by Crippen LogP contribution is -2.41. The molecular formula is C14H28N2O. The Kier molecular flexibility index (Phi) is 5.26. The van der Waals surface area contributed by atoms with Crippen LogP contribution < -0.4 is 5.73 Å². The zero-order chi connectivity index (χ0) is 12.1. The number of hydrogen-bond donors (Lipinski definition) is 1. The molecule has 2 aliphatic rings. The molecule has 0 amide bonds. The van der Waals surface area contributed by atoms with Gasteiger partial charge in [0.15, 0.2) is 0 Å². The number of ether oxygens (including phenoxy) is 1. The van der Waals surface area contributed by atoms with Gasteiger partial charge in [-0.2, -0.15) is 0 Å². The van der Waals surface area contributed by atoms with E-state index in [0.717, 1.165) is 12.5 Å². The second-order valence-electron chi connectivity index (χ2n) is 5.75. The van der Waals surface area contributed by atoms with Gasteiger partial charge in [-0.25, -0.2) is 0 Å². The average molecular weight is 240 g/mol. The molecule has 3 heteroatoms. The van der Waals surface area contributed by atoms with Crippen LogP contribution in [0.25, 0.3) is 0 Å². The molecule has 0 aromatic carbocycles. The highest BCUT2D eigenvalue weighted by atomic mass is 16.5. The van der Waals surface area contributed by atoms with E-state index in [-0.39, 0.29) is 0 Å². The Hall–Kier alpha value is -0.120. The van der Waals surface area contributed by atoms with E-state index in [0.29, 0.717) is 12.1 Å². The fraction of sp³-hybridized carbons (Fsp3) is 1.00. The molecule has 1 heterocycles. The first-order valence-electron chi connectivity index (χ1n) is 7.37. The zero-order valence-corrected chi connectivity index (χ0v) is 11.2. The summed E-state index contributed by atoms with van der Waals surface area (Å²) in [5.74, 6) is 0.849. The van der Waals surface area contributed by atoms with Gasteiger partial charge in [0.1, 0.15) is 0 Å². The molecule has 2 atom stereocenters. The summed E-state index contributed by atoms with van der Waals surface area (Å²) in [5, 5.41) is 0. The fourth-order valence-electron chi connectivity index (χ4n) is 3.36. The molecule has 100 valence electrons. The van der Waals surface area contributed by atoms with Gasteiger partial charge in [-0.15, -0.1) is 0 Å². The van der Waals surface area contributed by atoms with Crippen molar-refractivity contribution in [2.45, 2.75) is 57.6 Å². The quantitative estimate of drug-likeness (QED) is 0.817. The molecule has 2 N–H and O–H groups in total. The Morgan fingerprint density at radius 1 is 1.18 bits per heavy atom. The van der Waals surface area contributed by atoms with Gasteiger partial charge in [0, 0.05) is 32.3 Å². The Morgan fingerprint density at radius 2 is 1.94 bits per heavy atom. The van der Waals surface area contributed by atoms with Gasteiger partial charge in [-0.05, 0) is 44.9 Å². The van der Waals surface area contributed by atoms with Crippen LogP contribution in [0.3, 0.4) is 0 Å². The molecule has 2 fully saturated rings.